The minimum absolute atomic E-state index is 0.115. The van der Waals surface area contributed by atoms with Gasteiger partial charge in [0.1, 0.15) is 18.2 Å². The largest absolute Gasteiger partial charge is 0.494 e. The molecule has 5 rings (SSSR count). The van der Waals surface area contributed by atoms with E-state index in [0.717, 1.165) is 72.1 Å². The molecule has 0 spiro atoms. The molecule has 2 aliphatic rings. The fourth-order valence-corrected chi connectivity index (χ4v) is 4.90. The van der Waals surface area contributed by atoms with Crippen molar-refractivity contribution in [3.05, 3.63) is 65.5 Å². The summed E-state index contributed by atoms with van der Waals surface area (Å²) in [6.07, 6.45) is 3.62. The second-order valence-electron chi connectivity index (χ2n) is 8.70. The molecule has 2 aliphatic heterocycles. The van der Waals surface area contributed by atoms with Crippen LogP contribution in [0.5, 0.6) is 5.75 Å². The molecule has 3 aromatic carbocycles. The van der Waals surface area contributed by atoms with Crippen LogP contribution in [0.15, 0.2) is 48.5 Å². The molecule has 0 bridgehead atoms. The predicted octanol–water partition coefficient (Wildman–Crippen LogP) is 5.67. The maximum atomic E-state index is 13.5. The summed E-state index contributed by atoms with van der Waals surface area (Å²) < 4.78 is 36.1. The third kappa shape index (κ3) is 4.33. The molecule has 172 valence electrons. The van der Waals surface area contributed by atoms with Gasteiger partial charge in [0, 0.05) is 25.9 Å². The minimum Gasteiger partial charge on any atom is -0.494 e. The van der Waals surface area contributed by atoms with E-state index >= 15 is 0 Å². The molecular weight excluding hydrogens is 423 g/mol. The van der Waals surface area contributed by atoms with Gasteiger partial charge in [-0.3, -0.25) is 0 Å². The molecule has 1 saturated heterocycles. The number of hydrogen-bond donors (Lipinski definition) is 0. The van der Waals surface area contributed by atoms with E-state index in [1.807, 2.05) is 24.3 Å². The number of benzene rings is 3. The van der Waals surface area contributed by atoms with Crippen LogP contribution in [0, 0.1) is 5.82 Å². The number of halogens is 1. The summed E-state index contributed by atoms with van der Waals surface area (Å²) in [5, 5.41) is 1.87. The number of methoxy groups -OCH3 is 1. The lowest BCUT2D eigenvalue weighted by atomic mass is 9.89. The van der Waals surface area contributed by atoms with Crippen molar-refractivity contribution in [3.63, 3.8) is 0 Å². The Hall–Kier alpha value is -2.96. The van der Waals surface area contributed by atoms with Gasteiger partial charge in [-0.05, 0) is 77.9 Å². The van der Waals surface area contributed by atoms with Gasteiger partial charge in [-0.25, -0.2) is 9.18 Å². The lowest BCUT2D eigenvalue weighted by Gasteiger charge is -2.36. The van der Waals surface area contributed by atoms with E-state index in [1.165, 1.54) is 12.1 Å². The molecular formula is C27H27FO5. The predicted molar refractivity (Wildman–Crippen MR) is 123 cm³/mol. The van der Waals surface area contributed by atoms with E-state index in [0.29, 0.717) is 12.2 Å². The summed E-state index contributed by atoms with van der Waals surface area (Å²) in [5.74, 6) is 0.120. The lowest BCUT2D eigenvalue weighted by Crippen LogP contribution is -2.38. The van der Waals surface area contributed by atoms with Crippen molar-refractivity contribution >= 4 is 16.7 Å². The molecule has 1 fully saturated rings. The van der Waals surface area contributed by atoms with E-state index in [1.54, 1.807) is 19.2 Å². The Labute approximate surface area is 192 Å². The molecule has 0 N–H and O–H groups in total. The molecule has 0 aromatic heterocycles. The van der Waals surface area contributed by atoms with E-state index in [-0.39, 0.29) is 24.0 Å². The van der Waals surface area contributed by atoms with Crippen LogP contribution in [-0.2, 0) is 20.8 Å². The molecule has 6 heteroatoms. The summed E-state index contributed by atoms with van der Waals surface area (Å²) in [7, 11) is 1.78. The normalized spacial score (nSPS) is 17.1. The van der Waals surface area contributed by atoms with Crippen LogP contribution in [0.4, 0.5) is 4.39 Å². The molecule has 0 atom stereocenters. The zero-order valence-electron chi connectivity index (χ0n) is 18.7. The first-order chi connectivity index (χ1) is 16.1. The van der Waals surface area contributed by atoms with Crippen molar-refractivity contribution < 1.29 is 28.1 Å². The van der Waals surface area contributed by atoms with Crippen LogP contribution in [0.3, 0.4) is 0 Å². The Morgan fingerprint density at radius 3 is 2.61 bits per heavy atom. The van der Waals surface area contributed by atoms with E-state index in [9.17, 15) is 9.18 Å². The average Bonchev–Trinajstić information content (AvgIpc) is 3.21. The molecule has 0 saturated carbocycles. The number of cyclic esters (lactones) is 1. The van der Waals surface area contributed by atoms with Gasteiger partial charge in [0.05, 0.1) is 17.8 Å². The number of rotatable bonds is 7. The summed E-state index contributed by atoms with van der Waals surface area (Å²) >= 11 is 0. The van der Waals surface area contributed by atoms with E-state index in [2.05, 4.69) is 0 Å². The zero-order chi connectivity index (χ0) is 22.8. The topological polar surface area (TPSA) is 54.0 Å². The number of fused-ring (bicyclic) bond motifs is 2. The average molecular weight is 451 g/mol. The summed E-state index contributed by atoms with van der Waals surface area (Å²) in [6.45, 7) is 2.28. The molecule has 0 aliphatic carbocycles. The number of ether oxygens (including phenoxy) is 4. The third-order valence-electron chi connectivity index (χ3n) is 6.80. The zero-order valence-corrected chi connectivity index (χ0v) is 18.7. The van der Waals surface area contributed by atoms with Gasteiger partial charge in [-0.15, -0.1) is 0 Å². The van der Waals surface area contributed by atoms with Crippen molar-refractivity contribution in [3.8, 4) is 16.9 Å². The summed E-state index contributed by atoms with van der Waals surface area (Å²) in [6, 6.07) is 14.1. The maximum absolute atomic E-state index is 13.5. The smallest absolute Gasteiger partial charge is 0.338 e. The second kappa shape index (κ2) is 9.12. The standard InChI is InChI=1S/C27H27FO5/c1-30-27(10-13-31-14-11-27)9-2-12-32-21-7-8-22-19(15-21)16-23-24(17-33-26(23)29)25(22)18-3-5-20(28)6-4-18/h3-8,15-16H,2,9-14,17H2,1H3. The maximum Gasteiger partial charge on any atom is 0.338 e. The van der Waals surface area contributed by atoms with Gasteiger partial charge >= 0.3 is 5.97 Å². The molecule has 33 heavy (non-hydrogen) atoms. The van der Waals surface area contributed by atoms with Gasteiger partial charge in [0.15, 0.2) is 0 Å². The first-order valence-corrected chi connectivity index (χ1v) is 11.4. The molecule has 3 aromatic rings. The van der Waals surface area contributed by atoms with Crippen LogP contribution in [0.2, 0.25) is 0 Å². The Morgan fingerprint density at radius 2 is 1.85 bits per heavy atom. The SMILES string of the molecule is COC1(CCCOc2ccc3c(-c4ccc(F)cc4)c4c(cc3c2)C(=O)OC4)CCOCC1. The highest BCUT2D eigenvalue weighted by Gasteiger charge is 2.32. The van der Waals surface area contributed by atoms with Crippen molar-refractivity contribution in [2.75, 3.05) is 26.9 Å². The number of esters is 1. The van der Waals surface area contributed by atoms with Crippen LogP contribution in [-0.4, -0.2) is 38.5 Å². The van der Waals surface area contributed by atoms with Crippen LogP contribution in [0.25, 0.3) is 21.9 Å². The summed E-state index contributed by atoms with van der Waals surface area (Å²) in [4.78, 5) is 12.3. The van der Waals surface area contributed by atoms with Gasteiger partial charge in [-0.2, -0.15) is 0 Å². The molecule has 0 radical (unpaired) electrons. The third-order valence-corrected chi connectivity index (χ3v) is 6.80. The molecule has 0 amide bonds. The Bertz CT molecular complexity index is 1170. The van der Waals surface area contributed by atoms with Gasteiger partial charge in [0.2, 0.25) is 0 Å². The molecule has 2 heterocycles. The quantitative estimate of drug-likeness (QED) is 0.343. The van der Waals surface area contributed by atoms with Gasteiger partial charge < -0.3 is 18.9 Å². The van der Waals surface area contributed by atoms with E-state index < -0.39 is 0 Å². The molecule has 5 nitrogen and oxygen atoms in total. The van der Waals surface area contributed by atoms with Gasteiger partial charge in [-0.1, -0.05) is 18.2 Å². The second-order valence-corrected chi connectivity index (χ2v) is 8.70. The van der Waals surface area contributed by atoms with Gasteiger partial charge in [0.25, 0.3) is 0 Å². The number of carbonyl (C=O) groups excluding carboxylic acids is 1. The fourth-order valence-electron chi connectivity index (χ4n) is 4.90. The Kier molecular flexibility index (Phi) is 6.04. The first-order valence-electron chi connectivity index (χ1n) is 11.4. The van der Waals surface area contributed by atoms with Crippen molar-refractivity contribution in [2.45, 2.75) is 37.9 Å². The Morgan fingerprint density at radius 1 is 1.06 bits per heavy atom. The van der Waals surface area contributed by atoms with Crippen molar-refractivity contribution in [1.29, 1.82) is 0 Å². The van der Waals surface area contributed by atoms with Crippen molar-refractivity contribution in [2.24, 2.45) is 0 Å². The highest BCUT2D eigenvalue weighted by atomic mass is 19.1. The monoisotopic (exact) mass is 450 g/mol. The number of carbonyl (C=O) groups is 1. The summed E-state index contributed by atoms with van der Waals surface area (Å²) in [5.41, 5.74) is 3.04. The van der Waals surface area contributed by atoms with Crippen LogP contribution >= 0.6 is 0 Å². The highest BCUT2D eigenvalue weighted by molar-refractivity contribution is 6.07. The Balaban J connectivity index is 1.38. The van der Waals surface area contributed by atoms with Crippen molar-refractivity contribution in [1.82, 2.24) is 0 Å². The number of hydrogen-bond acceptors (Lipinski definition) is 5. The lowest BCUT2D eigenvalue weighted by molar-refractivity contribution is -0.0957. The fraction of sp³-hybridized carbons (Fsp3) is 0.370. The van der Waals surface area contributed by atoms with Crippen LogP contribution in [0.1, 0.15) is 41.6 Å². The highest BCUT2D eigenvalue weighted by Crippen LogP contribution is 2.39. The van der Waals surface area contributed by atoms with Crippen LogP contribution < -0.4 is 4.74 Å². The van der Waals surface area contributed by atoms with E-state index in [4.69, 9.17) is 18.9 Å². The minimum atomic E-state index is -0.331. The molecule has 0 unspecified atom stereocenters. The first kappa shape index (κ1) is 21.9.